The number of nitrogens with zero attached hydrogens (tertiary/aromatic N) is 1. The minimum absolute atomic E-state index is 0.138. The van der Waals surface area contributed by atoms with E-state index >= 15 is 0 Å². The number of nitrogens with one attached hydrogen (secondary N) is 1. The van der Waals surface area contributed by atoms with Crippen LogP contribution in [0.3, 0.4) is 0 Å². The van der Waals surface area contributed by atoms with Crippen LogP contribution in [-0.4, -0.2) is 38.2 Å². The number of hydrogen-bond acceptors (Lipinski definition) is 5. The van der Waals surface area contributed by atoms with E-state index in [1.54, 1.807) is 11.3 Å². The first kappa shape index (κ1) is 33.0. The first-order valence-electron chi connectivity index (χ1n) is 15.9. The average Bonchev–Trinajstić information content (AvgIpc) is 3.61. The molecule has 1 amide bonds. The van der Waals surface area contributed by atoms with Gasteiger partial charge in [-0.1, -0.05) is 115 Å². The average molecular weight is 554 g/mol. The molecule has 0 aliphatic carbocycles. The second-order valence-electron chi connectivity index (χ2n) is 11.0. The van der Waals surface area contributed by atoms with E-state index in [1.807, 2.05) is 0 Å². The predicted molar refractivity (Wildman–Crippen MR) is 156 cm³/mol. The number of hydrogen-bond donors (Lipinski definition) is 1. The van der Waals surface area contributed by atoms with Crippen molar-refractivity contribution >= 4 is 17.4 Å². The number of carbonyl (C=O) groups is 1. The molecule has 6 nitrogen and oxygen atoms in total. The molecule has 0 saturated carbocycles. The Labute approximate surface area is 237 Å². The minimum Gasteiger partial charge on any atom is -0.447 e. The van der Waals surface area contributed by atoms with Crippen LogP contribution >= 0.6 is 11.3 Å². The highest BCUT2D eigenvalue weighted by atomic mass is 32.1. The second kappa shape index (κ2) is 23.7. The van der Waals surface area contributed by atoms with Crippen molar-refractivity contribution in [2.45, 2.75) is 154 Å². The van der Waals surface area contributed by atoms with Gasteiger partial charge in [0.25, 0.3) is 0 Å². The molecule has 220 valence electrons. The van der Waals surface area contributed by atoms with Gasteiger partial charge in [0.2, 0.25) is 5.51 Å². The second-order valence-corrected chi connectivity index (χ2v) is 11.7. The van der Waals surface area contributed by atoms with Crippen molar-refractivity contribution in [1.29, 1.82) is 0 Å². The number of ether oxygens (including phenoxy) is 3. The van der Waals surface area contributed by atoms with Gasteiger partial charge in [0.1, 0.15) is 19.3 Å². The smallest absolute Gasteiger partial charge is 0.407 e. The number of thiazole rings is 1. The Hall–Kier alpha value is -1.18. The zero-order valence-corrected chi connectivity index (χ0v) is 25.2. The summed E-state index contributed by atoms with van der Waals surface area (Å²) in [5, 5.41) is 4.94. The van der Waals surface area contributed by atoms with Crippen molar-refractivity contribution in [3.63, 3.8) is 0 Å². The molecule has 38 heavy (non-hydrogen) atoms. The minimum atomic E-state index is -0.353. The van der Waals surface area contributed by atoms with Crippen LogP contribution in [0.25, 0.3) is 0 Å². The molecule has 2 heterocycles. The van der Waals surface area contributed by atoms with E-state index in [-0.39, 0.29) is 25.1 Å². The van der Waals surface area contributed by atoms with Crippen LogP contribution in [0, 0.1) is 0 Å². The van der Waals surface area contributed by atoms with Gasteiger partial charge in [0.05, 0.1) is 12.0 Å². The lowest BCUT2D eigenvalue weighted by Crippen LogP contribution is -2.30. The van der Waals surface area contributed by atoms with E-state index in [0.29, 0.717) is 13.2 Å². The number of aromatic nitrogens is 1. The van der Waals surface area contributed by atoms with E-state index in [2.05, 4.69) is 33.9 Å². The van der Waals surface area contributed by atoms with Crippen LogP contribution in [0.2, 0.25) is 0 Å². The van der Waals surface area contributed by atoms with Gasteiger partial charge < -0.3 is 19.5 Å². The van der Waals surface area contributed by atoms with E-state index in [9.17, 15) is 4.79 Å². The van der Waals surface area contributed by atoms with Crippen LogP contribution < -0.4 is 9.88 Å². The van der Waals surface area contributed by atoms with Crippen LogP contribution in [-0.2, 0) is 20.8 Å². The summed E-state index contributed by atoms with van der Waals surface area (Å²) in [6.07, 6.45) is 27.5. The molecule has 1 aliphatic heterocycles. The van der Waals surface area contributed by atoms with Gasteiger partial charge in [-0.15, -0.1) is 0 Å². The largest absolute Gasteiger partial charge is 0.447 e. The van der Waals surface area contributed by atoms with Gasteiger partial charge in [-0.3, -0.25) is 0 Å². The van der Waals surface area contributed by atoms with Crippen LogP contribution in [0.1, 0.15) is 135 Å². The molecule has 1 fully saturated rings. The first-order valence-corrected chi connectivity index (χ1v) is 16.8. The molecule has 7 heteroatoms. The topological polar surface area (TPSA) is 60.7 Å². The summed E-state index contributed by atoms with van der Waals surface area (Å²) in [5.74, 6) is 0. The molecule has 1 aliphatic rings. The molecule has 1 saturated heterocycles. The summed E-state index contributed by atoms with van der Waals surface area (Å²) >= 11 is 1.72. The highest BCUT2D eigenvalue weighted by molar-refractivity contribution is 7.07. The monoisotopic (exact) mass is 553 g/mol. The van der Waals surface area contributed by atoms with Gasteiger partial charge in [0.15, 0.2) is 12.5 Å². The maximum Gasteiger partial charge on any atom is 0.407 e. The van der Waals surface area contributed by atoms with Crippen LogP contribution in [0.4, 0.5) is 4.79 Å². The Morgan fingerprint density at radius 2 is 1.47 bits per heavy atom. The van der Waals surface area contributed by atoms with E-state index in [4.69, 9.17) is 14.2 Å². The Morgan fingerprint density at radius 1 is 0.868 bits per heavy atom. The molecule has 0 radical (unpaired) electrons. The molecule has 1 aromatic rings. The lowest BCUT2D eigenvalue weighted by Gasteiger charge is -2.12. The summed E-state index contributed by atoms with van der Waals surface area (Å²) < 4.78 is 19.2. The number of aryl methyl sites for hydroxylation is 1. The third-order valence-corrected chi connectivity index (χ3v) is 8.07. The molecule has 1 N–H and O–H groups in total. The highest BCUT2D eigenvalue weighted by Gasteiger charge is 2.26. The van der Waals surface area contributed by atoms with Crippen molar-refractivity contribution in [2.24, 2.45) is 0 Å². The van der Waals surface area contributed by atoms with Gasteiger partial charge >= 0.3 is 6.09 Å². The summed E-state index contributed by atoms with van der Waals surface area (Å²) in [7, 11) is 0. The number of unbranched alkanes of at least 4 members (excludes halogenated alkanes) is 17. The van der Waals surface area contributed by atoms with Crippen molar-refractivity contribution in [2.75, 3.05) is 19.8 Å². The van der Waals surface area contributed by atoms with Crippen molar-refractivity contribution < 1.29 is 23.6 Å². The number of rotatable bonds is 25. The normalized spacial score (nSPS) is 17.2. The first-order chi connectivity index (χ1) is 18.8. The number of amides is 1. The van der Waals surface area contributed by atoms with Gasteiger partial charge in [-0.05, 0) is 25.7 Å². The Balaban J connectivity index is 1.29. The van der Waals surface area contributed by atoms with Crippen LogP contribution in [0.5, 0.6) is 0 Å². The van der Waals surface area contributed by atoms with E-state index in [1.165, 1.54) is 103 Å². The Morgan fingerprint density at radius 3 is 2.11 bits per heavy atom. The third-order valence-electron chi connectivity index (χ3n) is 7.40. The molecule has 0 unspecified atom stereocenters. The van der Waals surface area contributed by atoms with Crippen LogP contribution in [0.15, 0.2) is 17.1 Å². The molecule has 0 spiro atoms. The fourth-order valence-electron chi connectivity index (χ4n) is 5.00. The molecule has 0 aromatic carbocycles. The Bertz CT molecular complexity index is 658. The van der Waals surface area contributed by atoms with E-state index < -0.39 is 0 Å². The summed E-state index contributed by atoms with van der Waals surface area (Å²) in [4.78, 5) is 11.9. The van der Waals surface area contributed by atoms with Gasteiger partial charge in [-0.25, -0.2) is 4.79 Å². The molecule has 2 atom stereocenters. The molecular formula is C31H57N2O4S+. The highest BCUT2D eigenvalue weighted by Crippen LogP contribution is 2.19. The van der Waals surface area contributed by atoms with Crippen molar-refractivity contribution in [1.82, 2.24) is 5.32 Å². The maximum atomic E-state index is 11.9. The van der Waals surface area contributed by atoms with Crippen molar-refractivity contribution in [3.05, 3.63) is 17.1 Å². The molecule has 1 aromatic heterocycles. The molecule has 2 rings (SSSR count). The van der Waals surface area contributed by atoms with Gasteiger partial charge in [-0.2, -0.15) is 4.57 Å². The zero-order chi connectivity index (χ0) is 26.9. The SMILES string of the molecule is CCCCCCCCCCCCCCCCC[C@@H]1OC[C@@H](COC(=O)NCCCCCC[n+]2ccsc2)O1. The van der Waals surface area contributed by atoms with Crippen molar-refractivity contribution in [3.8, 4) is 0 Å². The predicted octanol–water partition coefficient (Wildman–Crippen LogP) is 8.33. The summed E-state index contributed by atoms with van der Waals surface area (Å²) in [5.41, 5.74) is 2.14. The lowest BCUT2D eigenvalue weighted by molar-refractivity contribution is -0.692. The Kier molecular flexibility index (Phi) is 20.6. The fourth-order valence-corrected chi connectivity index (χ4v) is 5.63. The van der Waals surface area contributed by atoms with Gasteiger partial charge in [0, 0.05) is 13.0 Å². The molecule has 0 bridgehead atoms. The number of alkyl carbamates (subject to hydrolysis) is 1. The lowest BCUT2D eigenvalue weighted by atomic mass is 10.0. The maximum absolute atomic E-state index is 11.9. The summed E-state index contributed by atoms with van der Waals surface area (Å²) in [6.45, 7) is 4.79. The van der Waals surface area contributed by atoms with E-state index in [0.717, 1.165) is 32.2 Å². The zero-order valence-electron chi connectivity index (χ0n) is 24.3. The summed E-state index contributed by atoms with van der Waals surface area (Å²) in [6, 6.07) is 0. The quantitative estimate of drug-likeness (QED) is 0.0977. The molecular weight excluding hydrogens is 496 g/mol. The number of carbonyl (C=O) groups excluding carboxylic acids is 1. The standard InChI is InChI=1S/C31H56N2O4S/c1-2-3-4-5-6-7-8-9-10-11-12-13-14-15-18-21-30-35-26-29(37-30)27-36-31(34)32-22-19-16-17-20-23-33-24-25-38-28-33/h24-25,28-30H,2-23,26-27H2,1H3/p+1/t29-,30+/m0/s1. The third kappa shape index (κ3) is 18.2. The fraction of sp³-hybridized carbons (Fsp3) is 0.871.